The molecule has 0 saturated heterocycles. The van der Waals surface area contributed by atoms with Crippen molar-refractivity contribution in [2.75, 3.05) is 0 Å². The molecule has 71 heavy (non-hydrogen) atoms. The van der Waals surface area contributed by atoms with Crippen molar-refractivity contribution in [1.82, 2.24) is 9.97 Å². The van der Waals surface area contributed by atoms with Gasteiger partial charge in [0.1, 0.15) is 11.2 Å². The van der Waals surface area contributed by atoms with Gasteiger partial charge in [0.15, 0.2) is 0 Å². The van der Waals surface area contributed by atoms with E-state index in [0.29, 0.717) is 0 Å². The zero-order valence-corrected chi connectivity index (χ0v) is 38.4. The van der Waals surface area contributed by atoms with Crippen LogP contribution in [0.3, 0.4) is 0 Å². The fraction of sp³-hybridized carbons (Fsp3) is 0. The molecule has 2 aromatic heterocycles. The average Bonchev–Trinajstić information content (AvgIpc) is 3.83. The molecule has 0 unspecified atom stereocenters. The van der Waals surface area contributed by atoms with Crippen molar-refractivity contribution in [3.05, 3.63) is 243 Å². The molecule has 0 N–H and O–H groups in total. The first-order valence-electron chi connectivity index (χ1n) is 24.3. The molecule has 3 heteroatoms. The standard InChI is InChI=1S/C68H40N2O/c1-3-11-61-58(8-1)59-9-2-4-12-62(59)67-66(61)69-40-64(70-67)56-31-29-52-37-50(25-27-54(52)39-56)48-23-21-44-33-42(17-19-46(44)35-48)41-16-18-45-34-47(22-20-43(45)32-41)49-24-26-53-38-55(30-28-51(53)36-49)57-13-7-14-63-60-10-5-6-15-65(60)71-68(57)63/h1-40H. The molecule has 328 valence electrons. The summed E-state index contributed by atoms with van der Waals surface area (Å²) in [5.41, 5.74) is 15.1. The van der Waals surface area contributed by atoms with Gasteiger partial charge in [0.25, 0.3) is 0 Å². The highest BCUT2D eigenvalue weighted by molar-refractivity contribution is 6.23. The van der Waals surface area contributed by atoms with Gasteiger partial charge in [-0.2, -0.15) is 0 Å². The van der Waals surface area contributed by atoms with Crippen molar-refractivity contribution in [2.24, 2.45) is 0 Å². The highest BCUT2D eigenvalue weighted by atomic mass is 16.3. The van der Waals surface area contributed by atoms with E-state index in [0.717, 1.165) is 66.1 Å². The van der Waals surface area contributed by atoms with Gasteiger partial charge in [-0.15, -0.1) is 0 Å². The molecule has 13 aromatic carbocycles. The molecule has 0 atom stereocenters. The van der Waals surface area contributed by atoms with Crippen molar-refractivity contribution in [2.45, 2.75) is 0 Å². The van der Waals surface area contributed by atoms with Gasteiger partial charge in [-0.1, -0.05) is 182 Å². The number of aromatic nitrogens is 2. The molecule has 3 nitrogen and oxygen atoms in total. The third kappa shape index (κ3) is 6.51. The lowest BCUT2D eigenvalue weighted by atomic mass is 9.94. The lowest BCUT2D eigenvalue weighted by Gasteiger charge is -2.11. The maximum atomic E-state index is 6.37. The van der Waals surface area contributed by atoms with Crippen LogP contribution >= 0.6 is 0 Å². The number of furan rings is 1. The number of hydrogen-bond acceptors (Lipinski definition) is 3. The fourth-order valence-electron chi connectivity index (χ4n) is 11.1. The second kappa shape index (κ2) is 15.5. The maximum absolute atomic E-state index is 6.37. The molecule has 0 radical (unpaired) electrons. The molecule has 0 bridgehead atoms. The predicted octanol–water partition coefficient (Wildman–Crippen LogP) is 18.8. The minimum Gasteiger partial charge on any atom is -0.455 e. The number of benzene rings is 13. The molecule has 0 aliphatic carbocycles. The van der Waals surface area contributed by atoms with E-state index in [9.17, 15) is 0 Å². The SMILES string of the molecule is c1ccc2c(c1)oc1c(-c3ccc4cc(-c5ccc6cc(-c7ccc8cc(-c9ccc%10cc(-c%11cnc%12c%13ccccc%13c%13ccccc%13c%12n%11)ccc%10c9)ccc8c7)ccc6c5)ccc4c3)cccc12. The van der Waals surface area contributed by atoms with Crippen LogP contribution in [-0.2, 0) is 0 Å². The molecule has 15 rings (SSSR count). The summed E-state index contributed by atoms with van der Waals surface area (Å²) in [5, 5.41) is 16.6. The summed E-state index contributed by atoms with van der Waals surface area (Å²) in [4.78, 5) is 10.2. The van der Waals surface area contributed by atoms with E-state index in [1.54, 1.807) is 0 Å². The Labute approximate surface area is 408 Å². The van der Waals surface area contributed by atoms with Gasteiger partial charge in [-0.25, -0.2) is 4.98 Å². The zero-order valence-electron chi connectivity index (χ0n) is 38.4. The summed E-state index contributed by atoms with van der Waals surface area (Å²) >= 11 is 0. The smallest absolute Gasteiger partial charge is 0.143 e. The molecular formula is C68H40N2O. The van der Waals surface area contributed by atoms with E-state index in [1.807, 2.05) is 18.3 Å². The quantitative estimate of drug-likeness (QED) is 0.162. The molecule has 2 heterocycles. The van der Waals surface area contributed by atoms with Gasteiger partial charge in [0, 0.05) is 32.7 Å². The van der Waals surface area contributed by atoms with E-state index in [2.05, 4.69) is 224 Å². The van der Waals surface area contributed by atoms with E-state index in [1.165, 1.54) is 87.2 Å². The van der Waals surface area contributed by atoms with Crippen molar-refractivity contribution in [1.29, 1.82) is 0 Å². The topological polar surface area (TPSA) is 38.9 Å². The van der Waals surface area contributed by atoms with E-state index >= 15 is 0 Å². The first kappa shape index (κ1) is 39.5. The van der Waals surface area contributed by atoms with E-state index in [-0.39, 0.29) is 0 Å². The van der Waals surface area contributed by atoms with Crippen LogP contribution in [0.2, 0.25) is 0 Å². The van der Waals surface area contributed by atoms with Crippen LogP contribution in [-0.4, -0.2) is 9.97 Å². The third-order valence-electron chi connectivity index (χ3n) is 14.8. The number of rotatable bonds is 5. The predicted molar refractivity (Wildman–Crippen MR) is 299 cm³/mol. The summed E-state index contributed by atoms with van der Waals surface area (Å²) in [7, 11) is 0. The Morgan fingerprint density at radius 3 is 1.13 bits per heavy atom. The molecular weight excluding hydrogens is 861 g/mol. The van der Waals surface area contributed by atoms with Gasteiger partial charge in [-0.3, -0.25) is 4.98 Å². The molecule has 0 fully saturated rings. The lowest BCUT2D eigenvalue weighted by Crippen LogP contribution is -1.92. The molecule has 0 amide bonds. The van der Waals surface area contributed by atoms with Crippen molar-refractivity contribution in [3.8, 4) is 55.8 Å². The van der Waals surface area contributed by atoms with Crippen LogP contribution in [0.4, 0.5) is 0 Å². The van der Waals surface area contributed by atoms with Gasteiger partial charge >= 0.3 is 0 Å². The first-order chi connectivity index (χ1) is 35.1. The van der Waals surface area contributed by atoms with Crippen molar-refractivity contribution >= 4 is 97.6 Å². The van der Waals surface area contributed by atoms with Crippen LogP contribution in [0.15, 0.2) is 247 Å². The molecule has 15 aromatic rings. The minimum atomic E-state index is 0.873. The molecule has 0 aliphatic heterocycles. The Kier molecular flexibility index (Phi) is 8.66. The maximum Gasteiger partial charge on any atom is 0.143 e. The summed E-state index contributed by atoms with van der Waals surface area (Å²) in [6, 6.07) is 85.9. The van der Waals surface area contributed by atoms with Crippen LogP contribution in [0.25, 0.3) is 153 Å². The Hall–Kier alpha value is -9.44. The van der Waals surface area contributed by atoms with Crippen molar-refractivity contribution < 1.29 is 4.42 Å². The van der Waals surface area contributed by atoms with Crippen LogP contribution in [0.5, 0.6) is 0 Å². The highest BCUT2D eigenvalue weighted by Crippen LogP contribution is 2.39. The van der Waals surface area contributed by atoms with E-state index < -0.39 is 0 Å². The number of para-hydroxylation sites is 2. The van der Waals surface area contributed by atoms with Crippen LogP contribution in [0.1, 0.15) is 0 Å². The first-order valence-corrected chi connectivity index (χ1v) is 24.3. The number of hydrogen-bond donors (Lipinski definition) is 0. The minimum absolute atomic E-state index is 0.873. The van der Waals surface area contributed by atoms with Crippen molar-refractivity contribution in [3.63, 3.8) is 0 Å². The third-order valence-corrected chi connectivity index (χ3v) is 14.8. The number of nitrogens with zero attached hydrogens (tertiary/aromatic N) is 2. The Morgan fingerprint density at radius 1 is 0.268 bits per heavy atom. The number of fused-ring (bicyclic) bond motifs is 13. The zero-order chi connectivity index (χ0) is 46.6. The second-order valence-electron chi connectivity index (χ2n) is 18.9. The van der Waals surface area contributed by atoms with Gasteiger partial charge < -0.3 is 4.42 Å². The van der Waals surface area contributed by atoms with Gasteiger partial charge in [0.2, 0.25) is 0 Å². The largest absolute Gasteiger partial charge is 0.455 e. The average molecular weight is 901 g/mol. The van der Waals surface area contributed by atoms with Crippen LogP contribution in [0, 0.1) is 0 Å². The highest BCUT2D eigenvalue weighted by Gasteiger charge is 2.15. The summed E-state index contributed by atoms with van der Waals surface area (Å²) in [6.07, 6.45) is 1.92. The molecule has 0 spiro atoms. The summed E-state index contributed by atoms with van der Waals surface area (Å²) in [5.74, 6) is 0. The lowest BCUT2D eigenvalue weighted by molar-refractivity contribution is 0.670. The van der Waals surface area contributed by atoms with E-state index in [4.69, 9.17) is 14.4 Å². The molecule has 0 aliphatic rings. The fourth-order valence-corrected chi connectivity index (χ4v) is 11.1. The monoisotopic (exact) mass is 900 g/mol. The Morgan fingerprint density at radius 2 is 0.634 bits per heavy atom. The summed E-state index contributed by atoms with van der Waals surface area (Å²) < 4.78 is 6.37. The Balaban J connectivity index is 0.680. The summed E-state index contributed by atoms with van der Waals surface area (Å²) in [6.45, 7) is 0. The van der Waals surface area contributed by atoms with Gasteiger partial charge in [0.05, 0.1) is 22.9 Å². The normalized spacial score (nSPS) is 11.9. The molecule has 0 saturated carbocycles. The van der Waals surface area contributed by atoms with Crippen LogP contribution < -0.4 is 0 Å². The second-order valence-corrected chi connectivity index (χ2v) is 18.9. The Bertz CT molecular complexity index is 4680. The van der Waals surface area contributed by atoms with Gasteiger partial charge in [-0.05, 0) is 147 Å².